The number of ether oxygens (including phenoxy) is 1. The van der Waals surface area contributed by atoms with Gasteiger partial charge in [-0.1, -0.05) is 5.16 Å². The van der Waals surface area contributed by atoms with E-state index in [2.05, 4.69) is 22.4 Å². The van der Waals surface area contributed by atoms with Crippen LogP contribution in [0.15, 0.2) is 4.52 Å². The van der Waals surface area contributed by atoms with Crippen LogP contribution in [0.5, 0.6) is 0 Å². The van der Waals surface area contributed by atoms with Crippen molar-refractivity contribution in [2.24, 2.45) is 0 Å². The van der Waals surface area contributed by atoms with E-state index >= 15 is 0 Å². The van der Waals surface area contributed by atoms with Crippen molar-refractivity contribution in [2.45, 2.75) is 44.1 Å². The van der Waals surface area contributed by atoms with Crippen molar-refractivity contribution in [1.29, 1.82) is 0 Å². The monoisotopic (exact) mass is 237 g/mol. The molecule has 1 atom stereocenters. The number of nitrogens with zero attached hydrogens (tertiary/aromatic N) is 2. The summed E-state index contributed by atoms with van der Waals surface area (Å²) in [5, 5.41) is 7.45. The average molecular weight is 237 g/mol. The Labute approximate surface area is 101 Å². The molecular formula is C12H19N3O2. The molecule has 1 aromatic rings. The fourth-order valence-corrected chi connectivity index (χ4v) is 2.64. The van der Waals surface area contributed by atoms with Gasteiger partial charge in [-0.25, -0.2) is 0 Å². The Hall–Kier alpha value is -0.940. The first-order valence-electron chi connectivity index (χ1n) is 6.47. The average Bonchev–Trinajstić information content (AvgIpc) is 2.99. The second-order valence-corrected chi connectivity index (χ2v) is 5.16. The predicted molar refractivity (Wildman–Crippen MR) is 61.7 cm³/mol. The number of nitrogens with one attached hydrogen (secondary N) is 1. The summed E-state index contributed by atoms with van der Waals surface area (Å²) in [6.45, 7) is 4.93. The lowest BCUT2D eigenvalue weighted by atomic mass is 9.98. The van der Waals surface area contributed by atoms with Crippen molar-refractivity contribution >= 4 is 0 Å². The summed E-state index contributed by atoms with van der Waals surface area (Å²) in [5.41, 5.74) is -0.325. The Balaban J connectivity index is 1.77. The highest BCUT2D eigenvalue weighted by Gasteiger charge is 2.37. The van der Waals surface area contributed by atoms with E-state index in [0.29, 0.717) is 5.92 Å². The van der Waals surface area contributed by atoms with Crippen LogP contribution in [-0.2, 0) is 10.3 Å². The molecular weight excluding hydrogens is 218 g/mol. The van der Waals surface area contributed by atoms with Crippen LogP contribution in [0.1, 0.15) is 50.2 Å². The summed E-state index contributed by atoms with van der Waals surface area (Å²) in [5.74, 6) is 1.93. The van der Waals surface area contributed by atoms with Crippen molar-refractivity contribution in [1.82, 2.24) is 15.5 Å². The molecule has 1 N–H and O–H groups in total. The van der Waals surface area contributed by atoms with Crippen LogP contribution in [-0.4, -0.2) is 29.8 Å². The zero-order chi connectivity index (χ0) is 11.7. The standard InChI is InChI=1S/C12H19N3O2/c1-12(5-2-8-16-12)11-14-10(17-15-11)9-3-6-13-7-4-9/h9,13H,2-8H2,1H3. The Morgan fingerprint density at radius 1 is 1.35 bits per heavy atom. The topological polar surface area (TPSA) is 60.2 Å². The Bertz CT molecular complexity index is 379. The van der Waals surface area contributed by atoms with Crippen molar-refractivity contribution < 1.29 is 9.26 Å². The lowest BCUT2D eigenvalue weighted by Crippen LogP contribution is -2.27. The van der Waals surface area contributed by atoms with E-state index in [-0.39, 0.29) is 5.60 Å². The maximum absolute atomic E-state index is 5.73. The van der Waals surface area contributed by atoms with Gasteiger partial charge in [0, 0.05) is 12.5 Å². The van der Waals surface area contributed by atoms with E-state index in [1.807, 2.05) is 0 Å². The van der Waals surface area contributed by atoms with Crippen molar-refractivity contribution in [3.05, 3.63) is 11.7 Å². The lowest BCUT2D eigenvalue weighted by Gasteiger charge is -2.19. The molecule has 5 nitrogen and oxygen atoms in total. The van der Waals surface area contributed by atoms with Crippen LogP contribution in [0.4, 0.5) is 0 Å². The minimum Gasteiger partial charge on any atom is -0.367 e. The van der Waals surface area contributed by atoms with Crippen LogP contribution < -0.4 is 5.32 Å². The highest BCUT2D eigenvalue weighted by atomic mass is 16.5. The largest absolute Gasteiger partial charge is 0.367 e. The molecule has 3 rings (SSSR count). The molecule has 0 radical (unpaired) electrons. The third kappa shape index (κ3) is 2.09. The van der Waals surface area contributed by atoms with Gasteiger partial charge in [0.2, 0.25) is 11.7 Å². The highest BCUT2D eigenvalue weighted by molar-refractivity contribution is 5.04. The third-order valence-electron chi connectivity index (χ3n) is 3.82. The molecule has 0 amide bonds. The van der Waals surface area contributed by atoms with Gasteiger partial charge in [-0.2, -0.15) is 4.98 Å². The summed E-state index contributed by atoms with van der Waals surface area (Å²) in [6, 6.07) is 0. The lowest BCUT2D eigenvalue weighted by molar-refractivity contribution is 0.00768. The van der Waals surface area contributed by atoms with Gasteiger partial charge in [-0.3, -0.25) is 0 Å². The molecule has 2 saturated heterocycles. The van der Waals surface area contributed by atoms with Gasteiger partial charge in [0.15, 0.2) is 0 Å². The minimum absolute atomic E-state index is 0.325. The Morgan fingerprint density at radius 3 is 2.88 bits per heavy atom. The third-order valence-corrected chi connectivity index (χ3v) is 3.82. The zero-order valence-corrected chi connectivity index (χ0v) is 10.2. The predicted octanol–water partition coefficient (Wildman–Crippen LogP) is 1.56. The van der Waals surface area contributed by atoms with E-state index < -0.39 is 0 Å². The summed E-state index contributed by atoms with van der Waals surface area (Å²) >= 11 is 0. The molecule has 5 heteroatoms. The van der Waals surface area contributed by atoms with Gasteiger partial charge in [0.05, 0.1) is 0 Å². The molecule has 94 valence electrons. The van der Waals surface area contributed by atoms with Gasteiger partial charge < -0.3 is 14.6 Å². The van der Waals surface area contributed by atoms with Crippen LogP contribution in [0, 0.1) is 0 Å². The zero-order valence-electron chi connectivity index (χ0n) is 10.2. The Kier molecular flexibility index (Phi) is 2.88. The minimum atomic E-state index is -0.325. The summed E-state index contributed by atoms with van der Waals surface area (Å²) < 4.78 is 11.1. The number of aromatic nitrogens is 2. The molecule has 0 saturated carbocycles. The van der Waals surface area contributed by atoms with E-state index in [1.54, 1.807) is 0 Å². The summed E-state index contributed by atoms with van der Waals surface area (Å²) in [4.78, 5) is 4.56. The molecule has 0 spiro atoms. The number of piperidine rings is 1. The molecule has 2 aliphatic rings. The van der Waals surface area contributed by atoms with E-state index in [4.69, 9.17) is 9.26 Å². The van der Waals surface area contributed by atoms with E-state index in [0.717, 1.165) is 57.1 Å². The number of hydrogen-bond donors (Lipinski definition) is 1. The van der Waals surface area contributed by atoms with Gasteiger partial charge in [0.1, 0.15) is 5.60 Å². The van der Waals surface area contributed by atoms with Gasteiger partial charge in [-0.05, 0) is 45.7 Å². The molecule has 1 unspecified atom stereocenters. The Morgan fingerprint density at radius 2 is 2.18 bits per heavy atom. The first-order valence-corrected chi connectivity index (χ1v) is 6.47. The normalized spacial score (nSPS) is 30.9. The molecule has 0 aromatic carbocycles. The van der Waals surface area contributed by atoms with Crippen LogP contribution in [0.2, 0.25) is 0 Å². The van der Waals surface area contributed by atoms with Gasteiger partial charge >= 0.3 is 0 Å². The first-order chi connectivity index (χ1) is 8.28. The van der Waals surface area contributed by atoms with Crippen LogP contribution >= 0.6 is 0 Å². The molecule has 0 bridgehead atoms. The van der Waals surface area contributed by atoms with Gasteiger partial charge in [-0.15, -0.1) is 0 Å². The molecule has 2 fully saturated rings. The molecule has 3 heterocycles. The molecule has 0 aliphatic carbocycles. The van der Waals surface area contributed by atoms with Crippen molar-refractivity contribution in [3.63, 3.8) is 0 Å². The maximum Gasteiger partial charge on any atom is 0.229 e. The smallest absolute Gasteiger partial charge is 0.229 e. The fraction of sp³-hybridized carbons (Fsp3) is 0.833. The second-order valence-electron chi connectivity index (χ2n) is 5.16. The summed E-state index contributed by atoms with van der Waals surface area (Å²) in [7, 11) is 0. The van der Waals surface area contributed by atoms with Crippen LogP contribution in [0.3, 0.4) is 0 Å². The first kappa shape index (κ1) is 11.2. The fourth-order valence-electron chi connectivity index (χ4n) is 2.64. The number of hydrogen-bond acceptors (Lipinski definition) is 5. The quantitative estimate of drug-likeness (QED) is 0.846. The molecule has 1 aromatic heterocycles. The van der Waals surface area contributed by atoms with Crippen molar-refractivity contribution in [3.8, 4) is 0 Å². The SMILES string of the molecule is CC1(c2noc(C3CCNCC3)n2)CCCO1. The molecule has 2 aliphatic heterocycles. The summed E-state index contributed by atoms with van der Waals surface area (Å²) in [6.07, 6.45) is 4.23. The van der Waals surface area contributed by atoms with Gasteiger partial charge in [0.25, 0.3) is 0 Å². The highest BCUT2D eigenvalue weighted by Crippen LogP contribution is 2.35. The van der Waals surface area contributed by atoms with E-state index in [1.165, 1.54) is 0 Å². The maximum atomic E-state index is 5.73. The van der Waals surface area contributed by atoms with Crippen LogP contribution in [0.25, 0.3) is 0 Å². The second kappa shape index (κ2) is 4.38. The van der Waals surface area contributed by atoms with Crippen molar-refractivity contribution in [2.75, 3.05) is 19.7 Å². The molecule has 17 heavy (non-hydrogen) atoms. The van der Waals surface area contributed by atoms with E-state index in [9.17, 15) is 0 Å². The number of rotatable bonds is 2.